The maximum Gasteiger partial charge on any atom is 0.275 e. The Bertz CT molecular complexity index is 1220. The van der Waals surface area contributed by atoms with E-state index in [9.17, 15) is 4.79 Å². The highest BCUT2D eigenvalue weighted by molar-refractivity contribution is 7.13. The standard InChI is InChI=1S/C22H23N7O2S/c1-3-31-16-7-15(8-16)29-11-17(20(28-29)19-13(2)5-4-6-23-19)26-21(30)18-12-32-22(27-18)14-9-24-25-10-14/h4-6,9-12,15-16H,3,7-8H2,1-2H3,(H,24,25)(H,26,30)/t15-,16+. The Morgan fingerprint density at radius 3 is 3.00 bits per heavy atom. The molecule has 1 aliphatic rings. The van der Waals surface area contributed by atoms with Crippen LogP contribution in [0.2, 0.25) is 0 Å². The van der Waals surface area contributed by atoms with Gasteiger partial charge in [-0.15, -0.1) is 11.3 Å². The van der Waals surface area contributed by atoms with Crippen LogP contribution in [0.5, 0.6) is 0 Å². The first-order chi connectivity index (χ1) is 15.6. The largest absolute Gasteiger partial charge is 0.378 e. The van der Waals surface area contributed by atoms with Gasteiger partial charge in [-0.25, -0.2) is 4.98 Å². The molecule has 0 bridgehead atoms. The molecule has 1 amide bonds. The lowest BCUT2D eigenvalue weighted by atomic mass is 9.89. The molecule has 0 spiro atoms. The fourth-order valence-corrected chi connectivity index (χ4v) is 4.55. The van der Waals surface area contributed by atoms with Crippen LogP contribution in [0.15, 0.2) is 42.3 Å². The van der Waals surface area contributed by atoms with Crippen LogP contribution < -0.4 is 5.32 Å². The molecule has 1 fully saturated rings. The third-order valence-corrected chi connectivity index (χ3v) is 6.43. The van der Waals surface area contributed by atoms with Crippen LogP contribution >= 0.6 is 11.3 Å². The van der Waals surface area contributed by atoms with Gasteiger partial charge < -0.3 is 10.1 Å². The van der Waals surface area contributed by atoms with E-state index in [-0.39, 0.29) is 18.1 Å². The number of rotatable bonds is 7. The lowest BCUT2D eigenvalue weighted by Gasteiger charge is -2.34. The summed E-state index contributed by atoms with van der Waals surface area (Å²) in [5.74, 6) is -0.286. The van der Waals surface area contributed by atoms with E-state index in [4.69, 9.17) is 9.84 Å². The van der Waals surface area contributed by atoms with Crippen LogP contribution in [0.1, 0.15) is 41.9 Å². The monoisotopic (exact) mass is 449 g/mol. The van der Waals surface area contributed by atoms with Crippen LogP contribution in [0.25, 0.3) is 22.0 Å². The number of nitrogens with zero attached hydrogens (tertiary/aromatic N) is 5. The van der Waals surface area contributed by atoms with Crippen molar-refractivity contribution in [2.24, 2.45) is 0 Å². The fourth-order valence-electron chi connectivity index (χ4n) is 3.77. The molecule has 0 radical (unpaired) electrons. The van der Waals surface area contributed by atoms with Crippen LogP contribution in [-0.4, -0.2) is 48.6 Å². The van der Waals surface area contributed by atoms with Gasteiger partial charge in [0, 0.05) is 36.1 Å². The summed E-state index contributed by atoms with van der Waals surface area (Å²) in [7, 11) is 0. The summed E-state index contributed by atoms with van der Waals surface area (Å²) in [6, 6.07) is 4.12. The number of hydrogen-bond donors (Lipinski definition) is 2. The topological polar surface area (TPSA) is 111 Å². The second-order valence-electron chi connectivity index (χ2n) is 7.72. The molecule has 164 valence electrons. The highest BCUT2D eigenvalue weighted by atomic mass is 32.1. The van der Waals surface area contributed by atoms with Crippen molar-refractivity contribution < 1.29 is 9.53 Å². The first kappa shape index (κ1) is 20.5. The van der Waals surface area contributed by atoms with E-state index in [1.807, 2.05) is 36.9 Å². The number of carbonyl (C=O) groups is 1. The Hall–Kier alpha value is -3.37. The van der Waals surface area contributed by atoms with Gasteiger partial charge in [0.2, 0.25) is 0 Å². The first-order valence-electron chi connectivity index (χ1n) is 10.5. The first-order valence-corrected chi connectivity index (χ1v) is 11.4. The molecule has 10 heteroatoms. The number of hydrogen-bond acceptors (Lipinski definition) is 7. The Balaban J connectivity index is 1.42. The molecule has 1 aliphatic carbocycles. The van der Waals surface area contributed by atoms with Crippen LogP contribution in [0, 0.1) is 6.92 Å². The molecular formula is C22H23N7O2S. The quantitative estimate of drug-likeness (QED) is 0.440. The average molecular weight is 450 g/mol. The minimum absolute atomic E-state index is 0.243. The lowest BCUT2D eigenvalue weighted by molar-refractivity contribution is -0.0226. The Morgan fingerprint density at radius 2 is 2.25 bits per heavy atom. The van der Waals surface area contributed by atoms with Gasteiger partial charge in [-0.1, -0.05) is 6.07 Å². The normalized spacial score (nSPS) is 17.8. The molecule has 1 saturated carbocycles. The van der Waals surface area contributed by atoms with Crippen molar-refractivity contribution in [1.29, 1.82) is 0 Å². The van der Waals surface area contributed by atoms with E-state index in [0.717, 1.165) is 34.7 Å². The van der Waals surface area contributed by atoms with E-state index in [0.29, 0.717) is 23.7 Å². The van der Waals surface area contributed by atoms with Crippen LogP contribution in [0.4, 0.5) is 5.69 Å². The Labute approximate surface area is 188 Å². The van der Waals surface area contributed by atoms with Gasteiger partial charge in [-0.2, -0.15) is 10.2 Å². The number of pyridine rings is 1. The third-order valence-electron chi connectivity index (χ3n) is 5.54. The average Bonchev–Trinajstić information content (AvgIpc) is 3.51. The van der Waals surface area contributed by atoms with Crippen molar-refractivity contribution in [2.45, 2.75) is 38.8 Å². The van der Waals surface area contributed by atoms with Crippen molar-refractivity contribution in [2.75, 3.05) is 11.9 Å². The zero-order chi connectivity index (χ0) is 22.1. The third kappa shape index (κ3) is 3.94. The van der Waals surface area contributed by atoms with E-state index in [1.165, 1.54) is 11.3 Å². The summed E-state index contributed by atoms with van der Waals surface area (Å²) in [6.45, 7) is 4.71. The molecule has 0 aromatic carbocycles. The number of nitrogens with one attached hydrogen (secondary N) is 2. The molecule has 32 heavy (non-hydrogen) atoms. The van der Waals surface area contributed by atoms with Crippen molar-refractivity contribution in [3.8, 4) is 22.0 Å². The summed E-state index contributed by atoms with van der Waals surface area (Å²) in [6.07, 6.45) is 9.13. The number of amides is 1. The summed E-state index contributed by atoms with van der Waals surface area (Å²) in [5.41, 5.74) is 4.21. The van der Waals surface area contributed by atoms with Gasteiger partial charge in [0.25, 0.3) is 5.91 Å². The number of H-pyrrole nitrogens is 1. The van der Waals surface area contributed by atoms with Gasteiger partial charge in [0.05, 0.1) is 29.7 Å². The van der Waals surface area contributed by atoms with Gasteiger partial charge in [0.15, 0.2) is 0 Å². The van der Waals surface area contributed by atoms with Gasteiger partial charge >= 0.3 is 0 Å². The smallest absolute Gasteiger partial charge is 0.275 e. The molecule has 2 N–H and O–H groups in total. The van der Waals surface area contributed by atoms with E-state index in [2.05, 4.69) is 25.5 Å². The van der Waals surface area contributed by atoms with Crippen molar-refractivity contribution in [3.05, 3.63) is 53.6 Å². The summed E-state index contributed by atoms with van der Waals surface area (Å²) in [5, 5.41) is 17.0. The van der Waals surface area contributed by atoms with Crippen LogP contribution in [0.3, 0.4) is 0 Å². The van der Waals surface area contributed by atoms with E-state index in [1.54, 1.807) is 24.0 Å². The molecule has 0 atom stereocenters. The molecular weight excluding hydrogens is 426 g/mol. The number of anilines is 1. The maximum absolute atomic E-state index is 13.0. The number of ether oxygens (including phenoxy) is 1. The second kappa shape index (κ2) is 8.64. The SMILES string of the molecule is CCO[C@H]1C[C@@H](n2cc(NC(=O)c3csc(-c4cn[nH]c4)n3)c(-c3ncccc3C)n2)C1. The highest BCUT2D eigenvalue weighted by Crippen LogP contribution is 2.37. The summed E-state index contributed by atoms with van der Waals surface area (Å²) in [4.78, 5) is 22.0. The molecule has 0 unspecified atom stereocenters. The Morgan fingerprint density at radius 1 is 1.38 bits per heavy atom. The van der Waals surface area contributed by atoms with Crippen molar-refractivity contribution >= 4 is 22.9 Å². The fraction of sp³-hybridized carbons (Fsp3) is 0.318. The number of thiazole rings is 1. The highest BCUT2D eigenvalue weighted by Gasteiger charge is 2.33. The van der Waals surface area contributed by atoms with Crippen molar-refractivity contribution in [1.82, 2.24) is 29.9 Å². The molecule has 4 aromatic heterocycles. The minimum atomic E-state index is -0.286. The second-order valence-corrected chi connectivity index (χ2v) is 8.58. The maximum atomic E-state index is 13.0. The van der Waals surface area contributed by atoms with E-state index < -0.39 is 0 Å². The summed E-state index contributed by atoms with van der Waals surface area (Å²) < 4.78 is 7.61. The molecule has 0 aliphatic heterocycles. The van der Waals surface area contributed by atoms with Gasteiger partial charge in [-0.05, 0) is 38.3 Å². The van der Waals surface area contributed by atoms with Crippen molar-refractivity contribution in [3.63, 3.8) is 0 Å². The zero-order valence-electron chi connectivity index (χ0n) is 17.8. The Kier molecular flexibility index (Phi) is 5.54. The molecule has 9 nitrogen and oxygen atoms in total. The molecule has 4 heterocycles. The number of aromatic amines is 1. The number of aromatic nitrogens is 6. The number of carbonyl (C=O) groups excluding carboxylic acids is 1. The molecule has 5 rings (SSSR count). The molecule has 4 aromatic rings. The number of aryl methyl sites for hydroxylation is 1. The van der Waals surface area contributed by atoms with Gasteiger partial charge in [0.1, 0.15) is 16.4 Å². The van der Waals surface area contributed by atoms with Gasteiger partial charge in [-0.3, -0.25) is 19.6 Å². The predicted octanol–water partition coefficient (Wildman–Crippen LogP) is 4.09. The summed E-state index contributed by atoms with van der Waals surface area (Å²) >= 11 is 1.40. The zero-order valence-corrected chi connectivity index (χ0v) is 18.6. The van der Waals surface area contributed by atoms with Crippen LogP contribution in [-0.2, 0) is 4.74 Å². The predicted molar refractivity (Wildman–Crippen MR) is 122 cm³/mol. The molecule has 0 saturated heterocycles. The van der Waals surface area contributed by atoms with E-state index >= 15 is 0 Å². The lowest BCUT2D eigenvalue weighted by Crippen LogP contribution is -2.33. The minimum Gasteiger partial charge on any atom is -0.378 e.